The van der Waals surface area contributed by atoms with Crippen LogP contribution in [0.1, 0.15) is 41.2 Å². The van der Waals surface area contributed by atoms with Crippen LogP contribution in [0, 0.1) is 0 Å². The number of carbonyl (C=O) groups is 1. The van der Waals surface area contributed by atoms with Crippen molar-refractivity contribution < 1.29 is 19.8 Å². The predicted octanol–water partition coefficient (Wildman–Crippen LogP) is 4.03. The first-order chi connectivity index (χ1) is 19.7. The highest BCUT2D eigenvalue weighted by molar-refractivity contribution is 5.97. The number of aromatic carboxylic acids is 1. The predicted molar refractivity (Wildman–Crippen MR) is 161 cm³/mol. The van der Waals surface area contributed by atoms with E-state index < -0.39 is 5.97 Å². The van der Waals surface area contributed by atoms with E-state index in [1.54, 1.807) is 30.3 Å². The molecule has 0 spiro atoms. The van der Waals surface area contributed by atoms with Crippen LogP contribution in [-0.2, 0) is 19.9 Å². The highest BCUT2D eigenvalue weighted by Gasteiger charge is 2.12. The van der Waals surface area contributed by atoms with Crippen molar-refractivity contribution in [3.63, 3.8) is 0 Å². The number of anilines is 1. The van der Waals surface area contributed by atoms with Gasteiger partial charge in [0.15, 0.2) is 5.84 Å². The van der Waals surface area contributed by atoms with Crippen LogP contribution < -0.4 is 20.7 Å². The van der Waals surface area contributed by atoms with Crippen molar-refractivity contribution in [3.8, 4) is 5.75 Å². The number of imidazole rings is 1. The van der Waals surface area contributed by atoms with Gasteiger partial charge in [-0.1, -0.05) is 35.5 Å². The van der Waals surface area contributed by atoms with Gasteiger partial charge in [-0.15, -0.1) is 0 Å². The average Bonchev–Trinajstić information content (AvgIpc) is 3.31. The molecule has 41 heavy (non-hydrogen) atoms. The Balaban J connectivity index is 0.000000208. The number of fused-ring (bicyclic) bond motifs is 1. The van der Waals surface area contributed by atoms with Gasteiger partial charge in [0.2, 0.25) is 0 Å². The van der Waals surface area contributed by atoms with Gasteiger partial charge in [0.25, 0.3) is 0 Å². The summed E-state index contributed by atoms with van der Waals surface area (Å²) in [6.45, 7) is 8.38. The molecule has 1 saturated heterocycles. The lowest BCUT2D eigenvalue weighted by atomic mass is 10.1. The Kier molecular flexibility index (Phi) is 9.81. The third kappa shape index (κ3) is 7.76. The molecule has 0 radical (unpaired) electrons. The fraction of sp³-hybridized carbons (Fsp3) is 0.323. The van der Waals surface area contributed by atoms with Gasteiger partial charge in [-0.25, -0.2) is 9.78 Å². The van der Waals surface area contributed by atoms with Gasteiger partial charge in [0.05, 0.1) is 22.7 Å². The van der Waals surface area contributed by atoms with Crippen molar-refractivity contribution in [2.24, 2.45) is 17.9 Å². The van der Waals surface area contributed by atoms with E-state index in [0.29, 0.717) is 11.1 Å². The number of amidine groups is 1. The largest absolute Gasteiger partial charge is 0.491 e. The van der Waals surface area contributed by atoms with Crippen molar-refractivity contribution in [1.82, 2.24) is 14.9 Å². The summed E-state index contributed by atoms with van der Waals surface area (Å²) in [7, 11) is 1.92. The van der Waals surface area contributed by atoms with E-state index in [2.05, 4.69) is 52.4 Å². The normalized spacial score (nSPS) is 13.7. The quantitative estimate of drug-likeness (QED) is 0.110. The number of piperazine rings is 1. The lowest BCUT2D eigenvalue weighted by Gasteiger charge is -2.29. The second-order valence-corrected chi connectivity index (χ2v) is 10.2. The molecule has 5 N–H and O–H groups in total. The number of aromatic nitrogens is 2. The molecule has 0 unspecified atom stereocenters. The molecule has 1 fully saturated rings. The summed E-state index contributed by atoms with van der Waals surface area (Å²) >= 11 is 0. The Labute approximate surface area is 240 Å². The molecule has 2 heterocycles. The molecule has 3 aromatic carbocycles. The number of aryl methyl sites for hydroxylation is 3. The smallest absolute Gasteiger partial charge is 0.335 e. The Morgan fingerprint density at radius 3 is 2.41 bits per heavy atom. The number of ether oxygens (including phenoxy) is 1. The summed E-state index contributed by atoms with van der Waals surface area (Å²) < 4.78 is 7.68. The maximum atomic E-state index is 11.1. The van der Waals surface area contributed by atoms with Gasteiger partial charge >= 0.3 is 5.97 Å². The molecule has 10 nitrogen and oxygen atoms in total. The fourth-order valence-electron chi connectivity index (χ4n) is 4.71. The number of hydrogen-bond donors (Lipinski definition) is 4. The number of carboxylic acids is 1. The Morgan fingerprint density at radius 2 is 1.76 bits per heavy atom. The topological polar surface area (TPSA) is 138 Å². The molecule has 0 bridgehead atoms. The van der Waals surface area contributed by atoms with E-state index in [1.807, 2.05) is 29.8 Å². The zero-order valence-corrected chi connectivity index (χ0v) is 23.7. The average molecular weight is 559 g/mol. The Bertz CT molecular complexity index is 1490. The molecule has 1 aliphatic rings. The second kappa shape index (κ2) is 13.7. The summed E-state index contributed by atoms with van der Waals surface area (Å²) in [5, 5.41) is 24.1. The highest BCUT2D eigenvalue weighted by atomic mass is 16.5. The second-order valence-electron chi connectivity index (χ2n) is 10.2. The Morgan fingerprint density at radius 1 is 1.05 bits per heavy atom. The summed E-state index contributed by atoms with van der Waals surface area (Å²) in [5.41, 5.74) is 10.4. The van der Waals surface area contributed by atoms with E-state index in [4.69, 9.17) is 20.8 Å². The van der Waals surface area contributed by atoms with Crippen molar-refractivity contribution in [1.29, 1.82) is 0 Å². The van der Waals surface area contributed by atoms with Crippen molar-refractivity contribution >= 4 is 28.5 Å². The van der Waals surface area contributed by atoms with Crippen molar-refractivity contribution in [3.05, 3.63) is 89.2 Å². The molecule has 5 rings (SSSR count). The summed E-state index contributed by atoms with van der Waals surface area (Å²) in [5.74, 6) is 0.972. The lowest BCUT2D eigenvalue weighted by molar-refractivity contribution is 0.0697. The van der Waals surface area contributed by atoms with Crippen LogP contribution in [0.15, 0.2) is 71.9 Å². The maximum Gasteiger partial charge on any atom is 0.335 e. The number of nitrogens with zero attached hydrogens (tertiary/aromatic N) is 4. The zero-order chi connectivity index (χ0) is 29.4. The van der Waals surface area contributed by atoms with Crippen LogP contribution in [0.5, 0.6) is 5.75 Å². The molecule has 0 saturated carbocycles. The summed E-state index contributed by atoms with van der Waals surface area (Å²) in [4.78, 5) is 18.0. The number of benzene rings is 3. The van der Waals surface area contributed by atoms with Crippen LogP contribution in [-0.4, -0.2) is 64.0 Å². The number of carboxylic acid groups (broad SMARTS) is 1. The lowest BCUT2D eigenvalue weighted by Crippen LogP contribution is -2.43. The number of nitrogens with two attached hydrogens (primary N) is 1. The standard InChI is InChI=1S/C18H18N4O3.C13H20N2O/c1-22-15-8-7-13(18(23)24)10-14(15)20-16(22)9-4-11-2-5-12(6-3-11)17(19)21-25;1-11(2)16-13-5-3-4-12(10-13)15-8-6-14-7-9-15/h2-3,5-8,10,25H,4,9H2,1H3,(H2,19,21)(H,23,24);3-5,10-11,14H,6-9H2,1-2H3. The molecule has 0 atom stereocenters. The first kappa shape index (κ1) is 29.4. The van der Waals surface area contributed by atoms with Gasteiger partial charge < -0.3 is 35.6 Å². The third-order valence-electron chi connectivity index (χ3n) is 6.89. The van der Waals surface area contributed by atoms with Crippen LogP contribution in [0.4, 0.5) is 5.69 Å². The van der Waals surface area contributed by atoms with Gasteiger partial charge in [-0.2, -0.15) is 0 Å². The van der Waals surface area contributed by atoms with Gasteiger partial charge in [0, 0.05) is 57.0 Å². The monoisotopic (exact) mass is 558 g/mol. The minimum atomic E-state index is -0.958. The zero-order valence-electron chi connectivity index (χ0n) is 23.7. The van der Waals surface area contributed by atoms with Crippen LogP contribution in [0.2, 0.25) is 0 Å². The van der Waals surface area contributed by atoms with Crippen molar-refractivity contribution in [2.75, 3.05) is 31.1 Å². The molecule has 10 heteroatoms. The summed E-state index contributed by atoms with van der Waals surface area (Å²) in [6.07, 6.45) is 1.73. The number of nitrogens with one attached hydrogen (secondary N) is 1. The number of oxime groups is 1. The first-order valence-electron chi connectivity index (χ1n) is 13.7. The van der Waals surface area contributed by atoms with E-state index >= 15 is 0 Å². The van der Waals surface area contributed by atoms with E-state index in [9.17, 15) is 4.79 Å². The van der Waals surface area contributed by atoms with Crippen LogP contribution in [0.3, 0.4) is 0 Å². The van der Waals surface area contributed by atoms with E-state index in [-0.39, 0.29) is 17.5 Å². The molecule has 216 valence electrons. The molecule has 0 aliphatic carbocycles. The third-order valence-corrected chi connectivity index (χ3v) is 6.89. The Hall–Kier alpha value is -4.57. The minimum absolute atomic E-state index is 0.0798. The van der Waals surface area contributed by atoms with Gasteiger partial charge in [0.1, 0.15) is 11.6 Å². The first-order valence-corrected chi connectivity index (χ1v) is 13.7. The highest BCUT2D eigenvalue weighted by Crippen LogP contribution is 2.22. The van der Waals surface area contributed by atoms with Crippen LogP contribution >= 0.6 is 0 Å². The van der Waals surface area contributed by atoms with Gasteiger partial charge in [-0.3, -0.25) is 0 Å². The molecule has 0 amide bonds. The molecule has 1 aromatic heterocycles. The molecule has 1 aliphatic heterocycles. The summed E-state index contributed by atoms with van der Waals surface area (Å²) in [6, 6.07) is 20.8. The maximum absolute atomic E-state index is 11.1. The number of rotatable bonds is 8. The molecular weight excluding hydrogens is 520 g/mol. The van der Waals surface area contributed by atoms with Crippen LogP contribution in [0.25, 0.3) is 11.0 Å². The molecular formula is C31H38N6O4. The van der Waals surface area contributed by atoms with E-state index in [1.165, 1.54) is 5.69 Å². The van der Waals surface area contributed by atoms with Crippen molar-refractivity contribution in [2.45, 2.75) is 32.8 Å². The van der Waals surface area contributed by atoms with E-state index in [0.717, 1.165) is 61.7 Å². The minimum Gasteiger partial charge on any atom is -0.491 e. The SMILES string of the molecule is CC(C)Oc1cccc(N2CCNCC2)c1.Cn1c(CCc2ccc(C(N)=NO)cc2)nc2cc(C(=O)O)ccc21. The fourth-order valence-corrected chi connectivity index (χ4v) is 4.71. The molecule has 4 aromatic rings. The number of hydrogen-bond acceptors (Lipinski definition) is 7. The van der Waals surface area contributed by atoms with Gasteiger partial charge in [-0.05, 0) is 56.2 Å².